The highest BCUT2D eigenvalue weighted by atomic mass is 32.1. The second-order valence-corrected chi connectivity index (χ2v) is 4.87. The Balaban J connectivity index is 2.90. The van der Waals surface area contributed by atoms with E-state index in [1.54, 1.807) is 7.11 Å². The van der Waals surface area contributed by atoms with Crippen molar-refractivity contribution in [3.63, 3.8) is 0 Å². The van der Waals surface area contributed by atoms with Gasteiger partial charge in [-0.2, -0.15) is 0 Å². The van der Waals surface area contributed by atoms with Gasteiger partial charge in [-0.3, -0.25) is 4.79 Å². The highest BCUT2D eigenvalue weighted by Crippen LogP contribution is 2.42. The SMILES string of the molecule is CCCCNc1sc(C(=O)NCC)c(N)c1OC. The van der Waals surface area contributed by atoms with E-state index in [4.69, 9.17) is 10.5 Å². The molecule has 1 amide bonds. The van der Waals surface area contributed by atoms with Crippen molar-refractivity contribution in [3.8, 4) is 5.75 Å². The molecule has 5 nitrogen and oxygen atoms in total. The quantitative estimate of drug-likeness (QED) is 0.665. The molecule has 1 aromatic heterocycles. The van der Waals surface area contributed by atoms with Crippen LogP contribution in [0.1, 0.15) is 36.4 Å². The molecular formula is C12H21N3O2S. The minimum atomic E-state index is -0.151. The molecule has 0 spiro atoms. The first kappa shape index (κ1) is 14.6. The lowest BCUT2D eigenvalue weighted by Crippen LogP contribution is -2.22. The number of anilines is 2. The molecule has 4 N–H and O–H groups in total. The lowest BCUT2D eigenvalue weighted by atomic mass is 10.3. The first-order valence-electron chi connectivity index (χ1n) is 6.13. The van der Waals surface area contributed by atoms with E-state index < -0.39 is 0 Å². The molecule has 1 rings (SSSR count). The zero-order valence-corrected chi connectivity index (χ0v) is 11.9. The van der Waals surface area contributed by atoms with Gasteiger partial charge in [0.1, 0.15) is 15.6 Å². The van der Waals surface area contributed by atoms with Gasteiger partial charge in [0.05, 0.1) is 7.11 Å². The van der Waals surface area contributed by atoms with Crippen LogP contribution in [0.5, 0.6) is 5.75 Å². The van der Waals surface area contributed by atoms with Crippen LogP contribution in [-0.2, 0) is 0 Å². The van der Waals surface area contributed by atoms with E-state index in [9.17, 15) is 4.79 Å². The van der Waals surface area contributed by atoms with Gasteiger partial charge in [-0.15, -0.1) is 11.3 Å². The summed E-state index contributed by atoms with van der Waals surface area (Å²) in [6.45, 7) is 5.43. The fraction of sp³-hybridized carbons (Fsp3) is 0.583. The van der Waals surface area contributed by atoms with Crippen LogP contribution in [0.4, 0.5) is 10.7 Å². The van der Waals surface area contributed by atoms with Gasteiger partial charge < -0.3 is 21.1 Å². The van der Waals surface area contributed by atoms with Crippen LogP contribution in [0.3, 0.4) is 0 Å². The van der Waals surface area contributed by atoms with Crippen LogP contribution in [0.2, 0.25) is 0 Å². The maximum Gasteiger partial charge on any atom is 0.263 e. The number of nitrogens with two attached hydrogens (primary N) is 1. The normalized spacial score (nSPS) is 10.2. The third-order valence-corrected chi connectivity index (χ3v) is 3.61. The molecule has 1 aromatic rings. The van der Waals surface area contributed by atoms with Crippen LogP contribution < -0.4 is 21.1 Å². The Morgan fingerprint density at radius 3 is 2.72 bits per heavy atom. The molecule has 0 atom stereocenters. The first-order chi connectivity index (χ1) is 8.65. The lowest BCUT2D eigenvalue weighted by molar-refractivity contribution is 0.0960. The van der Waals surface area contributed by atoms with Crippen molar-refractivity contribution in [3.05, 3.63) is 4.88 Å². The summed E-state index contributed by atoms with van der Waals surface area (Å²) in [7, 11) is 1.56. The van der Waals surface area contributed by atoms with Crippen molar-refractivity contribution < 1.29 is 9.53 Å². The van der Waals surface area contributed by atoms with E-state index in [-0.39, 0.29) is 5.91 Å². The number of nitrogen functional groups attached to an aromatic ring is 1. The van der Waals surface area contributed by atoms with E-state index in [0.29, 0.717) is 22.9 Å². The topological polar surface area (TPSA) is 76.4 Å². The number of nitrogens with one attached hydrogen (secondary N) is 2. The van der Waals surface area contributed by atoms with E-state index in [1.807, 2.05) is 6.92 Å². The van der Waals surface area contributed by atoms with Crippen molar-refractivity contribution in [2.75, 3.05) is 31.2 Å². The van der Waals surface area contributed by atoms with Gasteiger partial charge in [-0.1, -0.05) is 13.3 Å². The smallest absolute Gasteiger partial charge is 0.263 e. The Bertz CT molecular complexity index is 404. The zero-order valence-electron chi connectivity index (χ0n) is 11.1. The summed E-state index contributed by atoms with van der Waals surface area (Å²) >= 11 is 1.34. The molecule has 0 saturated carbocycles. The molecule has 0 aliphatic carbocycles. The fourth-order valence-corrected chi connectivity index (χ4v) is 2.57. The molecule has 6 heteroatoms. The van der Waals surface area contributed by atoms with Gasteiger partial charge in [0.15, 0.2) is 5.75 Å². The highest BCUT2D eigenvalue weighted by molar-refractivity contribution is 7.19. The molecule has 0 aliphatic heterocycles. The number of carbonyl (C=O) groups excluding carboxylic acids is 1. The molecule has 18 heavy (non-hydrogen) atoms. The third-order valence-electron chi connectivity index (χ3n) is 2.46. The van der Waals surface area contributed by atoms with Crippen molar-refractivity contribution >= 4 is 27.9 Å². The molecule has 0 unspecified atom stereocenters. The predicted molar refractivity (Wildman–Crippen MR) is 76.7 cm³/mol. The number of hydrogen-bond donors (Lipinski definition) is 3. The summed E-state index contributed by atoms with van der Waals surface area (Å²) in [4.78, 5) is 12.3. The molecule has 102 valence electrons. The van der Waals surface area contributed by atoms with E-state index in [0.717, 1.165) is 24.4 Å². The molecule has 0 radical (unpaired) electrons. The van der Waals surface area contributed by atoms with Gasteiger partial charge in [-0.25, -0.2) is 0 Å². The Labute approximate surface area is 112 Å². The number of unbranched alkanes of at least 4 members (excludes halogenated alkanes) is 1. The summed E-state index contributed by atoms with van der Waals surface area (Å²) in [5.74, 6) is 0.416. The first-order valence-corrected chi connectivity index (χ1v) is 6.95. The highest BCUT2D eigenvalue weighted by Gasteiger charge is 2.21. The molecule has 0 bridgehead atoms. The largest absolute Gasteiger partial charge is 0.492 e. The zero-order chi connectivity index (χ0) is 13.5. The third kappa shape index (κ3) is 3.29. The van der Waals surface area contributed by atoms with Crippen LogP contribution in [0, 0.1) is 0 Å². The minimum absolute atomic E-state index is 0.151. The van der Waals surface area contributed by atoms with Crippen LogP contribution in [0.15, 0.2) is 0 Å². The average Bonchev–Trinajstić information content (AvgIpc) is 2.66. The molecule has 0 fully saturated rings. The van der Waals surface area contributed by atoms with Gasteiger partial charge in [0, 0.05) is 13.1 Å². The summed E-state index contributed by atoms with van der Waals surface area (Å²) < 4.78 is 5.26. The minimum Gasteiger partial charge on any atom is -0.492 e. The van der Waals surface area contributed by atoms with Crippen LogP contribution >= 0.6 is 11.3 Å². The van der Waals surface area contributed by atoms with Gasteiger partial charge in [0.25, 0.3) is 5.91 Å². The summed E-state index contributed by atoms with van der Waals surface area (Å²) in [6.07, 6.45) is 2.18. The number of methoxy groups -OCH3 is 1. The molecular weight excluding hydrogens is 250 g/mol. The molecule has 0 aliphatic rings. The predicted octanol–water partition coefficient (Wildman–Crippen LogP) is 2.30. The number of rotatable bonds is 7. The lowest BCUT2D eigenvalue weighted by Gasteiger charge is -2.05. The summed E-state index contributed by atoms with van der Waals surface area (Å²) in [5.41, 5.74) is 6.34. The van der Waals surface area contributed by atoms with Gasteiger partial charge in [-0.05, 0) is 13.3 Å². The van der Waals surface area contributed by atoms with Crippen molar-refractivity contribution in [2.24, 2.45) is 0 Å². The van der Waals surface area contributed by atoms with Gasteiger partial charge >= 0.3 is 0 Å². The van der Waals surface area contributed by atoms with Gasteiger partial charge in [0.2, 0.25) is 0 Å². The number of hydrogen-bond acceptors (Lipinski definition) is 5. The van der Waals surface area contributed by atoms with Crippen molar-refractivity contribution in [1.82, 2.24) is 5.32 Å². The second kappa shape index (κ2) is 7.10. The number of amides is 1. The summed E-state index contributed by atoms with van der Waals surface area (Å²) in [6, 6.07) is 0. The van der Waals surface area contributed by atoms with E-state index >= 15 is 0 Å². The summed E-state index contributed by atoms with van der Waals surface area (Å²) in [5, 5.41) is 6.82. The van der Waals surface area contributed by atoms with E-state index in [1.165, 1.54) is 11.3 Å². The van der Waals surface area contributed by atoms with Crippen LogP contribution in [-0.4, -0.2) is 26.1 Å². The Morgan fingerprint density at radius 1 is 1.44 bits per heavy atom. The monoisotopic (exact) mass is 271 g/mol. The number of ether oxygens (including phenoxy) is 1. The maximum atomic E-state index is 11.8. The van der Waals surface area contributed by atoms with Crippen molar-refractivity contribution in [1.29, 1.82) is 0 Å². The standard InChI is InChI=1S/C12H21N3O2S/c1-4-6-7-15-12-9(17-3)8(13)10(18-12)11(16)14-5-2/h15H,4-7,13H2,1-3H3,(H,14,16). The average molecular weight is 271 g/mol. The Kier molecular flexibility index (Phi) is 5.77. The molecule has 0 aromatic carbocycles. The van der Waals surface area contributed by atoms with Crippen LogP contribution in [0.25, 0.3) is 0 Å². The van der Waals surface area contributed by atoms with E-state index in [2.05, 4.69) is 17.6 Å². The fourth-order valence-electron chi connectivity index (χ4n) is 1.54. The Morgan fingerprint density at radius 2 is 2.17 bits per heavy atom. The molecule has 1 heterocycles. The maximum absolute atomic E-state index is 11.8. The number of carbonyl (C=O) groups is 1. The Hall–Kier alpha value is -1.43. The molecule has 0 saturated heterocycles. The van der Waals surface area contributed by atoms with Crippen molar-refractivity contribution in [2.45, 2.75) is 26.7 Å². The number of thiophene rings is 1. The second-order valence-electron chi connectivity index (χ2n) is 3.85.